The molecule has 0 aromatic heterocycles. The van der Waals surface area contributed by atoms with Gasteiger partial charge in [0.25, 0.3) is 0 Å². The van der Waals surface area contributed by atoms with E-state index in [1.807, 2.05) is 34.6 Å². The topological polar surface area (TPSA) is 55.8 Å². The molecule has 0 radical (unpaired) electrons. The molecular weight excluding hydrogens is 220 g/mol. The van der Waals surface area contributed by atoms with Crippen molar-refractivity contribution in [3.8, 4) is 0 Å². The molecule has 17 heavy (non-hydrogen) atoms. The fourth-order valence-electron chi connectivity index (χ4n) is 1.38. The van der Waals surface area contributed by atoms with Gasteiger partial charge < -0.3 is 5.11 Å². The standard InChI is InChI=1S/C13H26O4/c1-6-11(14)7-10(2)9-16-17-12(15)8-13(3,4)5/h10-11,14H,6-9H2,1-5H3. The van der Waals surface area contributed by atoms with E-state index < -0.39 is 0 Å². The maximum absolute atomic E-state index is 11.3. The number of rotatable bonds is 7. The number of carbonyl (C=O) groups excluding carboxylic acids is 1. The van der Waals surface area contributed by atoms with E-state index in [1.165, 1.54) is 0 Å². The van der Waals surface area contributed by atoms with Crippen molar-refractivity contribution in [2.75, 3.05) is 6.61 Å². The van der Waals surface area contributed by atoms with Gasteiger partial charge in [0.05, 0.1) is 19.1 Å². The molecule has 0 saturated carbocycles. The Balaban J connectivity index is 3.66. The molecule has 0 aromatic carbocycles. The van der Waals surface area contributed by atoms with Gasteiger partial charge in [0.1, 0.15) is 0 Å². The minimum absolute atomic E-state index is 0.0928. The highest BCUT2D eigenvalue weighted by molar-refractivity contribution is 5.69. The summed E-state index contributed by atoms with van der Waals surface area (Å²) in [6.07, 6.45) is 1.42. The molecule has 0 spiro atoms. The van der Waals surface area contributed by atoms with Crippen molar-refractivity contribution in [2.45, 2.75) is 60.0 Å². The van der Waals surface area contributed by atoms with Crippen LogP contribution in [0.2, 0.25) is 0 Å². The minimum atomic E-state index is -0.347. The second-order valence-electron chi connectivity index (χ2n) is 5.88. The van der Waals surface area contributed by atoms with Crippen molar-refractivity contribution in [3.05, 3.63) is 0 Å². The average Bonchev–Trinajstić information content (AvgIpc) is 2.14. The first kappa shape index (κ1) is 16.4. The van der Waals surface area contributed by atoms with Crippen molar-refractivity contribution < 1.29 is 19.7 Å². The van der Waals surface area contributed by atoms with Crippen LogP contribution in [-0.2, 0) is 14.6 Å². The van der Waals surface area contributed by atoms with Crippen LogP contribution in [0.15, 0.2) is 0 Å². The lowest BCUT2D eigenvalue weighted by atomic mass is 9.93. The zero-order chi connectivity index (χ0) is 13.5. The number of hydrogen-bond donors (Lipinski definition) is 1. The molecule has 0 saturated heterocycles. The molecule has 4 heteroatoms. The van der Waals surface area contributed by atoms with Gasteiger partial charge in [-0.15, -0.1) is 0 Å². The second-order valence-corrected chi connectivity index (χ2v) is 5.88. The van der Waals surface area contributed by atoms with Gasteiger partial charge in [0.2, 0.25) is 0 Å². The molecule has 0 aliphatic carbocycles. The highest BCUT2D eigenvalue weighted by Gasteiger charge is 2.18. The highest BCUT2D eigenvalue weighted by Crippen LogP contribution is 2.19. The Hall–Kier alpha value is -0.610. The zero-order valence-corrected chi connectivity index (χ0v) is 11.7. The molecule has 1 N–H and O–H groups in total. The summed E-state index contributed by atoms with van der Waals surface area (Å²) in [6.45, 7) is 10.1. The Labute approximate surface area is 104 Å². The lowest BCUT2D eigenvalue weighted by Crippen LogP contribution is -2.19. The van der Waals surface area contributed by atoms with E-state index >= 15 is 0 Å². The molecule has 0 aliphatic rings. The third-order valence-corrected chi connectivity index (χ3v) is 2.32. The van der Waals surface area contributed by atoms with Crippen molar-refractivity contribution >= 4 is 5.97 Å². The molecule has 0 aromatic rings. The molecule has 0 heterocycles. The molecule has 0 fully saturated rings. The van der Waals surface area contributed by atoms with Gasteiger partial charge in [0.15, 0.2) is 0 Å². The molecular formula is C13H26O4. The number of aliphatic hydroxyl groups excluding tert-OH is 1. The van der Waals surface area contributed by atoms with Crippen LogP contribution in [0.5, 0.6) is 0 Å². The molecule has 0 rings (SSSR count). The van der Waals surface area contributed by atoms with Gasteiger partial charge in [-0.2, -0.15) is 4.89 Å². The monoisotopic (exact) mass is 246 g/mol. The lowest BCUT2D eigenvalue weighted by molar-refractivity contribution is -0.279. The molecule has 4 nitrogen and oxygen atoms in total. The summed E-state index contributed by atoms with van der Waals surface area (Å²) in [5.74, 6) is -0.173. The van der Waals surface area contributed by atoms with Crippen LogP contribution in [0.1, 0.15) is 53.9 Å². The van der Waals surface area contributed by atoms with Crippen LogP contribution in [0.25, 0.3) is 0 Å². The minimum Gasteiger partial charge on any atom is -0.393 e. The summed E-state index contributed by atoms with van der Waals surface area (Å²) in [5, 5.41) is 9.43. The summed E-state index contributed by atoms with van der Waals surface area (Å²) >= 11 is 0. The molecule has 0 amide bonds. The van der Waals surface area contributed by atoms with E-state index in [4.69, 9.17) is 4.89 Å². The Morgan fingerprint density at radius 2 is 1.94 bits per heavy atom. The zero-order valence-electron chi connectivity index (χ0n) is 11.7. The van der Waals surface area contributed by atoms with Crippen LogP contribution in [0, 0.1) is 11.3 Å². The smallest absolute Gasteiger partial charge is 0.342 e. The summed E-state index contributed by atoms with van der Waals surface area (Å²) in [5.41, 5.74) is -0.0928. The number of hydrogen-bond acceptors (Lipinski definition) is 4. The molecule has 102 valence electrons. The first-order valence-corrected chi connectivity index (χ1v) is 6.25. The summed E-state index contributed by atoms with van der Waals surface area (Å²) in [4.78, 5) is 20.9. The van der Waals surface area contributed by atoms with Crippen LogP contribution < -0.4 is 0 Å². The van der Waals surface area contributed by atoms with Crippen LogP contribution in [0.3, 0.4) is 0 Å². The van der Waals surface area contributed by atoms with E-state index in [0.717, 1.165) is 6.42 Å². The first-order chi connectivity index (χ1) is 7.74. The first-order valence-electron chi connectivity index (χ1n) is 6.25. The Morgan fingerprint density at radius 1 is 1.35 bits per heavy atom. The van der Waals surface area contributed by atoms with E-state index in [1.54, 1.807) is 0 Å². The van der Waals surface area contributed by atoms with Crippen LogP contribution in [-0.4, -0.2) is 23.8 Å². The molecule has 0 bridgehead atoms. The van der Waals surface area contributed by atoms with Gasteiger partial charge in [0, 0.05) is 0 Å². The third kappa shape index (κ3) is 10.3. The number of carbonyl (C=O) groups is 1. The van der Waals surface area contributed by atoms with Gasteiger partial charge in [-0.05, 0) is 24.2 Å². The summed E-state index contributed by atoms with van der Waals surface area (Å²) < 4.78 is 0. The molecule has 2 unspecified atom stereocenters. The lowest BCUT2D eigenvalue weighted by Gasteiger charge is -2.17. The maximum Gasteiger partial charge on any atom is 0.342 e. The van der Waals surface area contributed by atoms with Crippen molar-refractivity contribution in [2.24, 2.45) is 11.3 Å². The van der Waals surface area contributed by atoms with Gasteiger partial charge in [-0.25, -0.2) is 4.79 Å². The predicted molar refractivity (Wildman–Crippen MR) is 66.2 cm³/mol. The van der Waals surface area contributed by atoms with Gasteiger partial charge >= 0.3 is 5.97 Å². The Kier molecular flexibility index (Phi) is 7.39. The summed E-state index contributed by atoms with van der Waals surface area (Å²) in [6, 6.07) is 0. The maximum atomic E-state index is 11.3. The van der Waals surface area contributed by atoms with Crippen molar-refractivity contribution in [1.82, 2.24) is 0 Å². The van der Waals surface area contributed by atoms with Gasteiger partial charge in [-0.1, -0.05) is 34.6 Å². The number of aliphatic hydroxyl groups is 1. The average molecular weight is 246 g/mol. The van der Waals surface area contributed by atoms with Crippen molar-refractivity contribution in [3.63, 3.8) is 0 Å². The largest absolute Gasteiger partial charge is 0.393 e. The fraction of sp³-hybridized carbons (Fsp3) is 0.923. The van der Waals surface area contributed by atoms with Gasteiger partial charge in [-0.3, -0.25) is 4.89 Å². The van der Waals surface area contributed by atoms with E-state index in [-0.39, 0.29) is 23.4 Å². The Bertz CT molecular complexity index is 220. The molecule has 2 atom stereocenters. The third-order valence-electron chi connectivity index (χ3n) is 2.32. The van der Waals surface area contributed by atoms with E-state index in [0.29, 0.717) is 19.4 Å². The quantitative estimate of drug-likeness (QED) is 0.554. The Morgan fingerprint density at radius 3 is 2.41 bits per heavy atom. The van der Waals surface area contributed by atoms with Crippen LogP contribution >= 0.6 is 0 Å². The normalized spacial score (nSPS) is 15.4. The highest BCUT2D eigenvalue weighted by atomic mass is 17.2. The van der Waals surface area contributed by atoms with Crippen LogP contribution in [0.4, 0.5) is 0 Å². The van der Waals surface area contributed by atoms with E-state index in [2.05, 4.69) is 4.89 Å². The van der Waals surface area contributed by atoms with Crippen molar-refractivity contribution in [1.29, 1.82) is 0 Å². The summed E-state index contributed by atoms with van der Waals surface area (Å²) in [7, 11) is 0. The SMILES string of the molecule is CCC(O)CC(C)COOC(=O)CC(C)(C)C. The predicted octanol–water partition coefficient (Wildman–Crippen LogP) is 2.69. The fourth-order valence-corrected chi connectivity index (χ4v) is 1.38. The van der Waals surface area contributed by atoms with E-state index in [9.17, 15) is 9.90 Å². The molecule has 0 aliphatic heterocycles. The second kappa shape index (κ2) is 7.67.